The summed E-state index contributed by atoms with van der Waals surface area (Å²) >= 11 is 0. The Morgan fingerprint density at radius 2 is 1.14 bits per heavy atom. The Kier molecular flexibility index (Phi) is 13.0. The molecule has 0 aromatic heterocycles. The Hall–Kier alpha value is -4.66. The summed E-state index contributed by atoms with van der Waals surface area (Å²) in [6.07, 6.45) is -0.413. The second-order valence-electron chi connectivity index (χ2n) is 15.8. The van der Waals surface area contributed by atoms with Gasteiger partial charge in [0.05, 0.1) is 0 Å². The van der Waals surface area contributed by atoms with Gasteiger partial charge >= 0.3 is 12.1 Å². The SMILES string of the molecule is Cc1ccc(C(C(=O)NC(Cc2ccccc2)C(=O)OC(C)(C)C)N(C(=O)C(Cc2ccccc2)NC(=O)OC(C)(C)C)C(C)(C)C)cc1C. The number of amides is 3. The van der Waals surface area contributed by atoms with Crippen LogP contribution in [0.3, 0.4) is 0 Å². The van der Waals surface area contributed by atoms with E-state index in [4.69, 9.17) is 9.47 Å². The van der Waals surface area contributed by atoms with Crippen molar-refractivity contribution in [1.82, 2.24) is 15.5 Å². The van der Waals surface area contributed by atoms with Gasteiger partial charge in [0.2, 0.25) is 11.8 Å². The molecule has 2 N–H and O–H groups in total. The summed E-state index contributed by atoms with van der Waals surface area (Å²) in [5, 5.41) is 5.77. The summed E-state index contributed by atoms with van der Waals surface area (Å²) in [5.74, 6) is -1.63. The van der Waals surface area contributed by atoms with Crippen molar-refractivity contribution in [2.45, 2.75) is 124 Å². The van der Waals surface area contributed by atoms with Crippen molar-refractivity contribution in [1.29, 1.82) is 0 Å². The number of esters is 1. The van der Waals surface area contributed by atoms with Crippen LogP contribution < -0.4 is 10.6 Å². The molecule has 9 nitrogen and oxygen atoms in total. The van der Waals surface area contributed by atoms with Crippen LogP contribution in [0.15, 0.2) is 78.9 Å². The molecule has 0 saturated carbocycles. The number of hydrogen-bond donors (Lipinski definition) is 2. The van der Waals surface area contributed by atoms with Crippen LogP contribution in [0, 0.1) is 13.8 Å². The van der Waals surface area contributed by atoms with Gasteiger partial charge in [-0.15, -0.1) is 0 Å². The van der Waals surface area contributed by atoms with Gasteiger partial charge in [-0.05, 0) is 104 Å². The Balaban J connectivity index is 2.16. The average molecular weight is 686 g/mol. The van der Waals surface area contributed by atoms with Crippen LogP contribution in [-0.4, -0.2) is 57.6 Å². The first-order valence-corrected chi connectivity index (χ1v) is 17.2. The Bertz CT molecular complexity index is 1620. The van der Waals surface area contributed by atoms with Crippen molar-refractivity contribution in [3.8, 4) is 0 Å². The van der Waals surface area contributed by atoms with Gasteiger partial charge in [0.1, 0.15) is 29.3 Å². The number of ether oxygens (including phenoxy) is 2. The zero-order valence-corrected chi connectivity index (χ0v) is 31.5. The third-order valence-corrected chi connectivity index (χ3v) is 7.88. The Morgan fingerprint density at radius 1 is 0.640 bits per heavy atom. The fourth-order valence-electron chi connectivity index (χ4n) is 5.53. The molecule has 0 fully saturated rings. The molecule has 9 heteroatoms. The molecule has 3 atom stereocenters. The van der Waals surface area contributed by atoms with Crippen molar-refractivity contribution in [2.75, 3.05) is 0 Å². The molecule has 0 heterocycles. The van der Waals surface area contributed by atoms with Crippen molar-refractivity contribution >= 4 is 23.9 Å². The van der Waals surface area contributed by atoms with Gasteiger partial charge in [-0.3, -0.25) is 9.59 Å². The predicted molar refractivity (Wildman–Crippen MR) is 196 cm³/mol. The fraction of sp³-hybridized carbons (Fsp3) is 0.463. The molecule has 270 valence electrons. The van der Waals surface area contributed by atoms with E-state index in [1.54, 1.807) is 41.5 Å². The number of nitrogens with zero attached hydrogens (tertiary/aromatic N) is 1. The quantitative estimate of drug-likeness (QED) is 0.207. The van der Waals surface area contributed by atoms with Gasteiger partial charge < -0.3 is 25.0 Å². The summed E-state index contributed by atoms with van der Waals surface area (Å²) in [7, 11) is 0. The van der Waals surface area contributed by atoms with Crippen LogP contribution in [0.25, 0.3) is 0 Å². The number of nitrogens with one attached hydrogen (secondary N) is 2. The largest absolute Gasteiger partial charge is 0.458 e. The molecule has 0 spiro atoms. The normalized spacial score (nSPS) is 13.7. The molecule has 3 aromatic rings. The van der Waals surface area contributed by atoms with Crippen LogP contribution in [0.5, 0.6) is 0 Å². The molecule has 0 bridgehead atoms. The van der Waals surface area contributed by atoms with Crippen molar-refractivity contribution in [2.24, 2.45) is 0 Å². The number of rotatable bonds is 11. The number of alkyl carbamates (subject to hydrolysis) is 1. The third-order valence-electron chi connectivity index (χ3n) is 7.88. The predicted octanol–water partition coefficient (Wildman–Crippen LogP) is 7.18. The average Bonchev–Trinajstić information content (AvgIpc) is 2.99. The summed E-state index contributed by atoms with van der Waals surface area (Å²) in [5.41, 5.74) is 1.64. The monoisotopic (exact) mass is 685 g/mol. The number of benzene rings is 3. The van der Waals surface area contributed by atoms with Crippen LogP contribution in [0.4, 0.5) is 4.79 Å². The third kappa shape index (κ3) is 12.0. The highest BCUT2D eigenvalue weighted by atomic mass is 16.6. The maximum atomic E-state index is 14.9. The van der Waals surface area contributed by atoms with Gasteiger partial charge in [-0.25, -0.2) is 9.59 Å². The first-order valence-electron chi connectivity index (χ1n) is 17.2. The molecule has 3 aromatic carbocycles. The maximum absolute atomic E-state index is 14.9. The van der Waals surface area contributed by atoms with Gasteiger partial charge in [0.15, 0.2) is 0 Å². The molecular formula is C41H55N3O6. The topological polar surface area (TPSA) is 114 Å². The summed E-state index contributed by atoms with van der Waals surface area (Å²) in [6.45, 7) is 20.0. The molecule has 0 aliphatic rings. The van der Waals surface area contributed by atoms with E-state index >= 15 is 0 Å². The van der Waals surface area contributed by atoms with E-state index < -0.39 is 58.7 Å². The maximum Gasteiger partial charge on any atom is 0.408 e. The highest BCUT2D eigenvalue weighted by molar-refractivity contribution is 5.94. The van der Waals surface area contributed by atoms with Crippen LogP contribution in [0.2, 0.25) is 0 Å². The molecule has 0 saturated heterocycles. The zero-order valence-electron chi connectivity index (χ0n) is 31.5. The van der Waals surface area contributed by atoms with Crippen LogP contribution in [0.1, 0.15) is 96.2 Å². The molecule has 0 aliphatic heterocycles. The van der Waals surface area contributed by atoms with Crippen molar-refractivity contribution < 1.29 is 28.7 Å². The minimum absolute atomic E-state index is 0.154. The van der Waals surface area contributed by atoms with E-state index in [1.165, 1.54) is 4.90 Å². The summed E-state index contributed by atoms with van der Waals surface area (Å²) in [6, 6.07) is 21.0. The first-order chi connectivity index (χ1) is 23.1. The number of carbonyl (C=O) groups is 4. The molecule has 0 aliphatic carbocycles. The minimum atomic E-state index is -1.18. The highest BCUT2D eigenvalue weighted by Crippen LogP contribution is 2.32. The summed E-state index contributed by atoms with van der Waals surface area (Å²) < 4.78 is 11.3. The molecule has 3 rings (SSSR count). The highest BCUT2D eigenvalue weighted by Gasteiger charge is 2.43. The molecule has 50 heavy (non-hydrogen) atoms. The molecule has 3 amide bonds. The lowest BCUT2D eigenvalue weighted by Crippen LogP contribution is -2.60. The Morgan fingerprint density at radius 3 is 1.60 bits per heavy atom. The lowest BCUT2D eigenvalue weighted by molar-refractivity contribution is -0.159. The van der Waals surface area contributed by atoms with E-state index in [2.05, 4.69) is 10.6 Å². The smallest absolute Gasteiger partial charge is 0.408 e. The zero-order chi connectivity index (χ0) is 37.4. The number of hydrogen-bond acceptors (Lipinski definition) is 6. The molecule has 0 radical (unpaired) electrons. The fourth-order valence-corrected chi connectivity index (χ4v) is 5.53. The van der Waals surface area contributed by atoms with E-state index in [1.807, 2.05) is 113 Å². The van der Waals surface area contributed by atoms with Crippen molar-refractivity contribution in [3.05, 3.63) is 107 Å². The molecular weight excluding hydrogens is 630 g/mol. The standard InChI is InChI=1S/C41H55N3O6/c1-27-22-23-31(24-28(27)2)34(35(45)42-33(37(47)49-40(6,7)8)26-30-20-16-13-17-21-30)44(39(3,4)5)36(46)32(25-29-18-14-12-15-19-29)43-38(48)50-41(9,10)11/h12-24,32-34H,25-26H2,1-11H3,(H,42,45)(H,43,48). The van der Waals surface area contributed by atoms with Gasteiger partial charge in [0.25, 0.3) is 0 Å². The number of aryl methyl sites for hydroxylation is 2. The van der Waals surface area contributed by atoms with E-state index in [0.717, 1.165) is 22.3 Å². The second-order valence-corrected chi connectivity index (χ2v) is 15.8. The molecule has 3 unspecified atom stereocenters. The summed E-state index contributed by atoms with van der Waals surface area (Å²) in [4.78, 5) is 58.0. The van der Waals surface area contributed by atoms with Crippen LogP contribution in [-0.2, 0) is 36.7 Å². The van der Waals surface area contributed by atoms with Crippen molar-refractivity contribution in [3.63, 3.8) is 0 Å². The first kappa shape index (κ1) is 39.8. The lowest BCUT2D eigenvalue weighted by Gasteiger charge is -2.43. The van der Waals surface area contributed by atoms with Gasteiger partial charge in [0, 0.05) is 18.4 Å². The number of carbonyl (C=O) groups excluding carboxylic acids is 4. The van der Waals surface area contributed by atoms with E-state index in [0.29, 0.717) is 5.56 Å². The second kappa shape index (κ2) is 16.4. The minimum Gasteiger partial charge on any atom is -0.458 e. The van der Waals surface area contributed by atoms with Gasteiger partial charge in [-0.2, -0.15) is 0 Å². The lowest BCUT2D eigenvalue weighted by atomic mass is 9.92. The Labute approximate surface area is 298 Å². The van der Waals surface area contributed by atoms with E-state index in [-0.39, 0.29) is 12.8 Å². The van der Waals surface area contributed by atoms with Crippen LogP contribution >= 0.6 is 0 Å². The van der Waals surface area contributed by atoms with Gasteiger partial charge in [-0.1, -0.05) is 78.9 Å². The van der Waals surface area contributed by atoms with E-state index in [9.17, 15) is 19.2 Å².